The standard InChI is InChI=1S/C16H15F4NO3S/c1-9-4-6-10(7-5-9)8-24-15-13(19)11(17)12(18)14(20)16(15)25(22,23)21(2)3/h4-7H,8H2,1-3H3. The zero-order chi connectivity index (χ0) is 18.9. The van der Waals surface area contributed by atoms with Crippen LogP contribution in [0.1, 0.15) is 11.1 Å². The van der Waals surface area contributed by atoms with Crippen molar-refractivity contribution in [2.45, 2.75) is 18.4 Å². The normalized spacial score (nSPS) is 11.8. The van der Waals surface area contributed by atoms with Gasteiger partial charge in [0, 0.05) is 14.1 Å². The van der Waals surface area contributed by atoms with Crippen LogP contribution in [0.4, 0.5) is 17.6 Å². The van der Waals surface area contributed by atoms with E-state index >= 15 is 0 Å². The zero-order valence-electron chi connectivity index (χ0n) is 13.6. The largest absolute Gasteiger partial charge is 0.484 e. The molecule has 2 aromatic carbocycles. The Labute approximate surface area is 142 Å². The van der Waals surface area contributed by atoms with Crippen LogP contribution in [0.5, 0.6) is 5.75 Å². The first-order chi connectivity index (χ1) is 11.6. The molecule has 25 heavy (non-hydrogen) atoms. The van der Waals surface area contributed by atoms with Crippen molar-refractivity contribution in [1.29, 1.82) is 0 Å². The number of benzene rings is 2. The molecule has 0 amide bonds. The summed E-state index contributed by atoms with van der Waals surface area (Å²) in [6, 6.07) is 6.67. The Morgan fingerprint density at radius 2 is 1.44 bits per heavy atom. The van der Waals surface area contributed by atoms with Crippen LogP contribution in [0.2, 0.25) is 0 Å². The number of aryl methyl sites for hydroxylation is 1. The van der Waals surface area contributed by atoms with E-state index in [0.29, 0.717) is 9.87 Å². The van der Waals surface area contributed by atoms with Crippen molar-refractivity contribution < 1.29 is 30.7 Å². The number of hydrogen-bond donors (Lipinski definition) is 0. The summed E-state index contributed by atoms with van der Waals surface area (Å²) in [6.45, 7) is 1.47. The molecule has 0 bridgehead atoms. The Morgan fingerprint density at radius 1 is 0.920 bits per heavy atom. The first kappa shape index (κ1) is 19.2. The van der Waals surface area contributed by atoms with E-state index in [0.717, 1.165) is 19.7 Å². The molecule has 0 saturated carbocycles. The lowest BCUT2D eigenvalue weighted by atomic mass is 10.2. The highest BCUT2D eigenvalue weighted by molar-refractivity contribution is 7.89. The van der Waals surface area contributed by atoms with Gasteiger partial charge in [0.05, 0.1) is 0 Å². The molecule has 0 N–H and O–H groups in total. The SMILES string of the molecule is Cc1ccc(COc2c(F)c(F)c(F)c(F)c2S(=O)(=O)N(C)C)cc1. The number of hydrogen-bond acceptors (Lipinski definition) is 3. The van der Waals surface area contributed by atoms with E-state index in [2.05, 4.69) is 0 Å². The molecule has 2 aromatic rings. The highest BCUT2D eigenvalue weighted by Gasteiger charge is 2.35. The molecule has 4 nitrogen and oxygen atoms in total. The molecule has 0 aliphatic heterocycles. The topological polar surface area (TPSA) is 46.6 Å². The Hall–Kier alpha value is -2.13. The monoisotopic (exact) mass is 377 g/mol. The van der Waals surface area contributed by atoms with E-state index < -0.39 is 43.9 Å². The van der Waals surface area contributed by atoms with Crippen molar-refractivity contribution in [2.24, 2.45) is 0 Å². The number of halogens is 4. The lowest BCUT2D eigenvalue weighted by molar-refractivity contribution is 0.263. The van der Waals surface area contributed by atoms with Gasteiger partial charge in [-0.1, -0.05) is 29.8 Å². The Balaban J connectivity index is 2.57. The molecule has 0 aliphatic carbocycles. The summed E-state index contributed by atoms with van der Waals surface area (Å²) in [6.07, 6.45) is 0. The predicted molar refractivity (Wildman–Crippen MR) is 82.7 cm³/mol. The zero-order valence-corrected chi connectivity index (χ0v) is 14.4. The van der Waals surface area contributed by atoms with Gasteiger partial charge in [0.25, 0.3) is 0 Å². The molecule has 0 fully saturated rings. The van der Waals surface area contributed by atoms with Gasteiger partial charge in [0.2, 0.25) is 21.7 Å². The van der Waals surface area contributed by atoms with E-state index in [4.69, 9.17) is 4.74 Å². The van der Waals surface area contributed by atoms with Gasteiger partial charge in [0.15, 0.2) is 22.3 Å². The third kappa shape index (κ3) is 3.62. The minimum absolute atomic E-state index is 0.363. The summed E-state index contributed by atoms with van der Waals surface area (Å²) < 4.78 is 85.1. The van der Waals surface area contributed by atoms with Gasteiger partial charge in [-0.3, -0.25) is 0 Å². The fourth-order valence-corrected chi connectivity index (χ4v) is 3.04. The third-order valence-electron chi connectivity index (χ3n) is 3.43. The molecule has 136 valence electrons. The van der Waals surface area contributed by atoms with Crippen molar-refractivity contribution in [3.05, 3.63) is 58.7 Å². The van der Waals surface area contributed by atoms with E-state index in [1.807, 2.05) is 6.92 Å². The Bertz CT molecular complexity index is 897. The molecule has 0 heterocycles. The number of sulfonamides is 1. The fourth-order valence-electron chi connectivity index (χ4n) is 1.97. The molecule has 0 aromatic heterocycles. The van der Waals surface area contributed by atoms with Crippen LogP contribution in [0, 0.1) is 30.2 Å². The van der Waals surface area contributed by atoms with Gasteiger partial charge < -0.3 is 4.74 Å². The Morgan fingerprint density at radius 3 is 1.96 bits per heavy atom. The summed E-state index contributed by atoms with van der Waals surface area (Å²) in [5.74, 6) is -9.52. The highest BCUT2D eigenvalue weighted by atomic mass is 32.2. The maximum atomic E-state index is 14.1. The summed E-state index contributed by atoms with van der Waals surface area (Å²) in [7, 11) is -2.55. The van der Waals surface area contributed by atoms with E-state index in [9.17, 15) is 26.0 Å². The second-order valence-electron chi connectivity index (χ2n) is 5.48. The molecule has 0 saturated heterocycles. The smallest absolute Gasteiger partial charge is 0.249 e. The van der Waals surface area contributed by atoms with Crippen molar-refractivity contribution in [3.8, 4) is 5.75 Å². The first-order valence-corrected chi connectivity index (χ1v) is 8.48. The lowest BCUT2D eigenvalue weighted by Crippen LogP contribution is -2.25. The van der Waals surface area contributed by atoms with Gasteiger partial charge in [-0.05, 0) is 12.5 Å². The van der Waals surface area contributed by atoms with Gasteiger partial charge in [0.1, 0.15) is 6.61 Å². The number of nitrogens with zero attached hydrogens (tertiary/aromatic N) is 1. The van der Waals surface area contributed by atoms with Crippen LogP contribution >= 0.6 is 0 Å². The minimum Gasteiger partial charge on any atom is -0.484 e. The third-order valence-corrected chi connectivity index (χ3v) is 5.27. The molecular weight excluding hydrogens is 362 g/mol. The highest BCUT2D eigenvalue weighted by Crippen LogP contribution is 2.35. The van der Waals surface area contributed by atoms with Crippen molar-refractivity contribution in [1.82, 2.24) is 4.31 Å². The average molecular weight is 377 g/mol. The first-order valence-electron chi connectivity index (χ1n) is 7.04. The molecule has 0 unspecified atom stereocenters. The van der Waals surface area contributed by atoms with Crippen LogP contribution in [0.25, 0.3) is 0 Å². The average Bonchev–Trinajstić information content (AvgIpc) is 2.56. The minimum atomic E-state index is -4.62. The second-order valence-corrected chi connectivity index (χ2v) is 7.56. The van der Waals surface area contributed by atoms with Crippen molar-refractivity contribution in [2.75, 3.05) is 14.1 Å². The van der Waals surface area contributed by atoms with Gasteiger partial charge in [-0.2, -0.15) is 4.39 Å². The molecule has 0 radical (unpaired) electrons. The molecule has 0 spiro atoms. The maximum Gasteiger partial charge on any atom is 0.249 e. The molecule has 0 aliphatic rings. The van der Waals surface area contributed by atoms with E-state index in [-0.39, 0.29) is 6.61 Å². The van der Waals surface area contributed by atoms with Crippen LogP contribution in [0.3, 0.4) is 0 Å². The Kier molecular flexibility index (Phi) is 5.38. The maximum absolute atomic E-state index is 14.1. The molecule has 9 heteroatoms. The van der Waals surface area contributed by atoms with Gasteiger partial charge in [-0.15, -0.1) is 0 Å². The summed E-state index contributed by atoms with van der Waals surface area (Å²) in [4.78, 5) is -1.39. The quantitative estimate of drug-likeness (QED) is 0.456. The summed E-state index contributed by atoms with van der Waals surface area (Å²) in [5, 5.41) is 0. The number of ether oxygens (including phenoxy) is 1. The summed E-state index contributed by atoms with van der Waals surface area (Å²) in [5.41, 5.74) is 1.44. The van der Waals surface area contributed by atoms with Gasteiger partial charge in [-0.25, -0.2) is 25.9 Å². The van der Waals surface area contributed by atoms with E-state index in [1.165, 1.54) is 0 Å². The van der Waals surface area contributed by atoms with Crippen LogP contribution < -0.4 is 4.74 Å². The molecular formula is C16H15F4NO3S. The summed E-state index contributed by atoms with van der Waals surface area (Å²) >= 11 is 0. The van der Waals surface area contributed by atoms with Gasteiger partial charge >= 0.3 is 0 Å². The predicted octanol–water partition coefficient (Wildman–Crippen LogP) is 3.38. The van der Waals surface area contributed by atoms with Crippen LogP contribution in [-0.4, -0.2) is 26.8 Å². The second kappa shape index (κ2) is 7.01. The van der Waals surface area contributed by atoms with Crippen molar-refractivity contribution in [3.63, 3.8) is 0 Å². The van der Waals surface area contributed by atoms with Crippen LogP contribution in [-0.2, 0) is 16.6 Å². The van der Waals surface area contributed by atoms with Crippen molar-refractivity contribution >= 4 is 10.0 Å². The molecule has 2 rings (SSSR count). The molecule has 0 atom stereocenters. The van der Waals surface area contributed by atoms with E-state index in [1.54, 1.807) is 24.3 Å². The number of rotatable bonds is 5. The fraction of sp³-hybridized carbons (Fsp3) is 0.250. The lowest BCUT2D eigenvalue weighted by Gasteiger charge is -2.18. The van der Waals surface area contributed by atoms with Crippen LogP contribution in [0.15, 0.2) is 29.2 Å².